The highest BCUT2D eigenvalue weighted by Crippen LogP contribution is 2.42. The van der Waals surface area contributed by atoms with Crippen LogP contribution in [0.5, 0.6) is 5.75 Å². The van der Waals surface area contributed by atoms with E-state index in [1.54, 1.807) is 25.3 Å². The van der Waals surface area contributed by atoms with Gasteiger partial charge in [-0.05, 0) is 63.4 Å². The lowest BCUT2D eigenvalue weighted by atomic mass is 9.88. The standard InChI is InChI=1S/C23H26FIO5/c1-13(2)19-12-20(25)23(30-3)22(14-4-6-15(24)7-5-14)18(19)9-8-16(26)10-17(27)11-21(28)29/h4-9,12-13,16-17,26-27H,10-11H2,1-3H3,(H,28,29)/p-1/b9-8+. The summed E-state index contributed by atoms with van der Waals surface area (Å²) >= 11 is 2.20. The van der Waals surface area contributed by atoms with Crippen molar-refractivity contribution in [1.29, 1.82) is 0 Å². The molecule has 2 aromatic rings. The van der Waals surface area contributed by atoms with Gasteiger partial charge in [-0.2, -0.15) is 0 Å². The number of rotatable bonds is 9. The molecule has 2 unspecified atom stereocenters. The van der Waals surface area contributed by atoms with Gasteiger partial charge in [0.1, 0.15) is 11.6 Å². The quantitative estimate of drug-likeness (QED) is 0.488. The largest absolute Gasteiger partial charge is 0.550 e. The third kappa shape index (κ3) is 6.26. The van der Waals surface area contributed by atoms with Crippen molar-refractivity contribution in [3.63, 3.8) is 0 Å². The lowest BCUT2D eigenvalue weighted by Gasteiger charge is -2.21. The second kappa shape index (κ2) is 10.9. The van der Waals surface area contributed by atoms with E-state index < -0.39 is 24.6 Å². The number of ether oxygens (including phenoxy) is 1. The molecule has 2 atom stereocenters. The number of aliphatic hydroxyl groups excluding tert-OH is 2. The van der Waals surface area contributed by atoms with Crippen molar-refractivity contribution in [2.24, 2.45) is 0 Å². The normalized spacial score (nSPS) is 13.6. The van der Waals surface area contributed by atoms with Crippen LogP contribution in [0.1, 0.15) is 43.7 Å². The molecular weight excluding hydrogens is 502 g/mol. The van der Waals surface area contributed by atoms with Gasteiger partial charge < -0.3 is 24.9 Å². The second-order valence-corrected chi connectivity index (χ2v) is 8.49. The number of halogens is 2. The monoisotopic (exact) mass is 527 g/mol. The number of aliphatic carboxylic acids is 1. The zero-order valence-electron chi connectivity index (χ0n) is 17.1. The second-order valence-electron chi connectivity index (χ2n) is 7.32. The summed E-state index contributed by atoms with van der Waals surface area (Å²) in [5, 5.41) is 30.6. The highest BCUT2D eigenvalue weighted by Gasteiger charge is 2.20. The maximum atomic E-state index is 13.5. The third-order valence-corrected chi connectivity index (χ3v) is 5.47. The van der Waals surface area contributed by atoms with Crippen molar-refractivity contribution >= 4 is 34.6 Å². The van der Waals surface area contributed by atoms with E-state index in [0.717, 1.165) is 25.8 Å². The molecule has 0 saturated heterocycles. The van der Waals surface area contributed by atoms with Gasteiger partial charge in [0.25, 0.3) is 0 Å². The first-order valence-corrected chi connectivity index (χ1v) is 10.6. The fourth-order valence-electron chi connectivity index (χ4n) is 3.27. The van der Waals surface area contributed by atoms with Gasteiger partial charge in [-0.3, -0.25) is 0 Å². The van der Waals surface area contributed by atoms with Gasteiger partial charge in [0.05, 0.1) is 22.9 Å². The molecule has 0 heterocycles. The molecule has 2 aromatic carbocycles. The first-order valence-electron chi connectivity index (χ1n) is 9.54. The Morgan fingerprint density at radius 2 is 1.90 bits per heavy atom. The Bertz CT molecular complexity index is 909. The summed E-state index contributed by atoms with van der Waals surface area (Å²) in [4.78, 5) is 10.6. The lowest BCUT2D eigenvalue weighted by molar-refractivity contribution is -0.307. The SMILES string of the molecule is COc1c(I)cc(C(C)C)c(/C=C/C(O)CC(O)CC(=O)[O-])c1-c1ccc(F)cc1. The maximum Gasteiger partial charge on any atom is 0.140 e. The zero-order valence-corrected chi connectivity index (χ0v) is 19.2. The number of aliphatic hydroxyl groups is 2. The molecule has 2 N–H and O–H groups in total. The summed E-state index contributed by atoms with van der Waals surface area (Å²) in [7, 11) is 1.57. The molecule has 2 rings (SSSR count). The third-order valence-electron chi connectivity index (χ3n) is 4.67. The van der Waals surface area contributed by atoms with Gasteiger partial charge in [-0.15, -0.1) is 0 Å². The average molecular weight is 527 g/mol. The van der Waals surface area contributed by atoms with Crippen LogP contribution < -0.4 is 9.84 Å². The summed E-state index contributed by atoms with van der Waals surface area (Å²) in [6, 6.07) is 8.11. The number of carbonyl (C=O) groups excluding carboxylic acids is 1. The summed E-state index contributed by atoms with van der Waals surface area (Å²) in [6.45, 7) is 4.09. The van der Waals surface area contributed by atoms with E-state index in [1.807, 2.05) is 19.9 Å². The van der Waals surface area contributed by atoms with Crippen LogP contribution in [-0.2, 0) is 4.79 Å². The topological polar surface area (TPSA) is 89.8 Å². The smallest absolute Gasteiger partial charge is 0.140 e. The van der Waals surface area contributed by atoms with E-state index in [1.165, 1.54) is 18.2 Å². The number of hydrogen-bond donors (Lipinski definition) is 2. The Balaban J connectivity index is 2.55. The number of carbonyl (C=O) groups is 1. The van der Waals surface area contributed by atoms with Gasteiger partial charge in [0.15, 0.2) is 0 Å². The number of hydrogen-bond acceptors (Lipinski definition) is 5. The molecule has 0 spiro atoms. The fraction of sp³-hybridized carbons (Fsp3) is 0.348. The predicted molar refractivity (Wildman–Crippen MR) is 120 cm³/mol. The van der Waals surface area contributed by atoms with Crippen molar-refractivity contribution in [2.45, 2.75) is 44.8 Å². The van der Waals surface area contributed by atoms with E-state index in [4.69, 9.17) is 4.74 Å². The van der Waals surface area contributed by atoms with Gasteiger partial charge in [0, 0.05) is 24.4 Å². The molecule has 5 nitrogen and oxygen atoms in total. The molecule has 0 aliphatic rings. The molecule has 30 heavy (non-hydrogen) atoms. The maximum absolute atomic E-state index is 13.5. The van der Waals surface area contributed by atoms with Crippen molar-refractivity contribution in [2.75, 3.05) is 7.11 Å². The van der Waals surface area contributed by atoms with Gasteiger partial charge in [-0.25, -0.2) is 4.39 Å². The van der Waals surface area contributed by atoms with Crippen LogP contribution in [-0.4, -0.2) is 35.5 Å². The highest BCUT2D eigenvalue weighted by atomic mass is 127. The van der Waals surface area contributed by atoms with Crippen LogP contribution in [0.15, 0.2) is 36.4 Å². The first-order chi connectivity index (χ1) is 14.1. The Hall–Kier alpha value is -1.97. The molecule has 0 bridgehead atoms. The van der Waals surface area contributed by atoms with Crippen molar-refractivity contribution in [1.82, 2.24) is 0 Å². The predicted octanol–water partition coefficient (Wildman–Crippen LogP) is 3.49. The molecule has 0 aliphatic carbocycles. The number of carboxylic acid groups (broad SMARTS) is 1. The Labute approximate surface area is 189 Å². The molecule has 0 saturated carbocycles. The van der Waals surface area contributed by atoms with Crippen molar-refractivity contribution in [3.8, 4) is 16.9 Å². The van der Waals surface area contributed by atoms with Crippen LogP contribution in [0.2, 0.25) is 0 Å². The minimum absolute atomic E-state index is 0.130. The summed E-state index contributed by atoms with van der Waals surface area (Å²) in [5.41, 5.74) is 3.35. The van der Waals surface area contributed by atoms with Crippen LogP contribution in [0.25, 0.3) is 17.2 Å². The Morgan fingerprint density at radius 3 is 2.43 bits per heavy atom. The van der Waals surface area contributed by atoms with Gasteiger partial charge in [-0.1, -0.05) is 38.1 Å². The molecule has 0 fully saturated rings. The molecule has 0 aromatic heterocycles. The summed E-state index contributed by atoms with van der Waals surface area (Å²) < 4.78 is 20.0. The number of benzene rings is 2. The minimum Gasteiger partial charge on any atom is -0.550 e. The molecular formula is C23H25FIO5-. The van der Waals surface area contributed by atoms with E-state index in [0.29, 0.717) is 5.75 Å². The Morgan fingerprint density at radius 1 is 1.27 bits per heavy atom. The van der Waals surface area contributed by atoms with Crippen LogP contribution in [0.3, 0.4) is 0 Å². The molecule has 0 radical (unpaired) electrons. The highest BCUT2D eigenvalue weighted by molar-refractivity contribution is 14.1. The molecule has 0 aliphatic heterocycles. The van der Waals surface area contributed by atoms with E-state index >= 15 is 0 Å². The molecule has 162 valence electrons. The average Bonchev–Trinajstić information content (AvgIpc) is 2.66. The van der Waals surface area contributed by atoms with Gasteiger partial charge >= 0.3 is 0 Å². The molecule has 0 amide bonds. The van der Waals surface area contributed by atoms with Crippen LogP contribution in [0.4, 0.5) is 4.39 Å². The van der Waals surface area contributed by atoms with Crippen molar-refractivity contribution < 1.29 is 29.2 Å². The minimum atomic E-state index is -1.37. The van der Waals surface area contributed by atoms with Crippen LogP contribution >= 0.6 is 22.6 Å². The number of carboxylic acids is 1. The first kappa shape index (κ1) is 24.3. The zero-order chi connectivity index (χ0) is 22.4. The van der Waals surface area contributed by atoms with Gasteiger partial charge in [0.2, 0.25) is 0 Å². The van der Waals surface area contributed by atoms with E-state index in [9.17, 15) is 24.5 Å². The summed E-state index contributed by atoms with van der Waals surface area (Å²) in [6.07, 6.45) is 0.324. The Kier molecular flexibility index (Phi) is 8.81. The summed E-state index contributed by atoms with van der Waals surface area (Å²) in [5.74, 6) is -0.926. The van der Waals surface area contributed by atoms with Crippen molar-refractivity contribution in [3.05, 3.63) is 56.9 Å². The van der Waals surface area contributed by atoms with E-state index in [-0.39, 0.29) is 18.2 Å². The molecule has 7 heteroatoms. The fourth-order valence-corrected chi connectivity index (χ4v) is 4.09. The van der Waals surface area contributed by atoms with Crippen LogP contribution in [0, 0.1) is 9.39 Å². The van der Waals surface area contributed by atoms with E-state index in [2.05, 4.69) is 22.6 Å². The lowest BCUT2D eigenvalue weighted by Crippen LogP contribution is -2.29. The number of methoxy groups -OCH3 is 1.